The zero-order valence-corrected chi connectivity index (χ0v) is 13.3. The number of aromatic amines is 1. The third-order valence-corrected chi connectivity index (χ3v) is 5.87. The first-order valence-electron chi connectivity index (χ1n) is 6.24. The molecule has 3 rings (SSSR count). The molecule has 0 aliphatic heterocycles. The zero-order valence-electron chi connectivity index (χ0n) is 11.7. The Hall–Kier alpha value is -2.44. The average molecular weight is 333 g/mol. The molecule has 0 saturated carbocycles. The summed E-state index contributed by atoms with van der Waals surface area (Å²) in [4.78, 5) is 11.0. The van der Waals surface area contributed by atoms with Crippen LogP contribution in [0.2, 0.25) is 0 Å². The summed E-state index contributed by atoms with van der Waals surface area (Å²) in [7, 11) is -3.73. The van der Waals surface area contributed by atoms with Crippen LogP contribution in [0.5, 0.6) is 0 Å². The highest BCUT2D eigenvalue weighted by Gasteiger charge is 2.20. The summed E-state index contributed by atoms with van der Waals surface area (Å²) in [5.74, 6) is 0. The number of thiazole rings is 1. The van der Waals surface area contributed by atoms with Crippen molar-refractivity contribution in [3.63, 3.8) is 0 Å². The maximum Gasteiger partial charge on any atom is 0.273 e. The molecule has 0 aliphatic carbocycles. The fraction of sp³-hybridized carbons (Fsp3) is 0.154. The fourth-order valence-corrected chi connectivity index (χ4v) is 4.29. The molecule has 3 aromatic heterocycles. The van der Waals surface area contributed by atoms with Gasteiger partial charge < -0.3 is 4.98 Å². The lowest BCUT2D eigenvalue weighted by Gasteiger charge is -2.08. The van der Waals surface area contributed by atoms with Gasteiger partial charge in [-0.25, -0.2) is 13.4 Å². The second-order valence-corrected chi connectivity index (χ2v) is 7.77. The molecule has 2 N–H and O–H groups in total. The third kappa shape index (κ3) is 2.32. The molecule has 3 heterocycles. The van der Waals surface area contributed by atoms with Crippen molar-refractivity contribution < 1.29 is 8.42 Å². The Kier molecular flexibility index (Phi) is 3.35. The highest BCUT2D eigenvalue weighted by Crippen LogP contribution is 2.29. The first-order chi connectivity index (χ1) is 10.4. The highest BCUT2D eigenvalue weighted by molar-refractivity contribution is 7.94. The molecule has 0 saturated heterocycles. The van der Waals surface area contributed by atoms with Gasteiger partial charge in [0.05, 0.1) is 34.2 Å². The van der Waals surface area contributed by atoms with Crippen LogP contribution in [0.25, 0.3) is 10.9 Å². The van der Waals surface area contributed by atoms with Crippen LogP contribution < -0.4 is 4.72 Å². The van der Waals surface area contributed by atoms with E-state index in [2.05, 4.69) is 25.7 Å². The first kappa shape index (κ1) is 14.5. The van der Waals surface area contributed by atoms with Crippen molar-refractivity contribution in [2.45, 2.75) is 18.1 Å². The number of rotatable bonds is 3. The Bertz CT molecular complexity index is 1010. The number of fused-ring (bicyclic) bond motifs is 1. The van der Waals surface area contributed by atoms with Crippen LogP contribution >= 0.6 is 11.3 Å². The summed E-state index contributed by atoms with van der Waals surface area (Å²) in [6.07, 6.45) is 4.28. The van der Waals surface area contributed by atoms with E-state index >= 15 is 0 Å². The second-order valence-electron chi connectivity index (χ2n) is 4.63. The molecule has 0 spiro atoms. The van der Waals surface area contributed by atoms with Crippen molar-refractivity contribution in [3.05, 3.63) is 34.9 Å². The largest absolute Gasteiger partial charge is 0.358 e. The van der Waals surface area contributed by atoms with Gasteiger partial charge >= 0.3 is 0 Å². The number of anilines is 1. The van der Waals surface area contributed by atoms with E-state index in [9.17, 15) is 8.42 Å². The minimum absolute atomic E-state index is 0.130. The van der Waals surface area contributed by atoms with Crippen molar-refractivity contribution in [2.75, 3.05) is 4.72 Å². The van der Waals surface area contributed by atoms with Crippen molar-refractivity contribution >= 4 is 38.0 Å². The Morgan fingerprint density at radius 3 is 2.73 bits per heavy atom. The first-order valence-corrected chi connectivity index (χ1v) is 8.54. The molecule has 0 atom stereocenters. The number of nitrogens with zero attached hydrogens (tertiary/aromatic N) is 3. The lowest BCUT2D eigenvalue weighted by Crippen LogP contribution is -2.12. The molecule has 0 aliphatic rings. The highest BCUT2D eigenvalue weighted by atomic mass is 32.2. The van der Waals surface area contributed by atoms with Crippen LogP contribution in [-0.2, 0) is 10.0 Å². The van der Waals surface area contributed by atoms with Gasteiger partial charge in [0.15, 0.2) is 4.21 Å². The lowest BCUT2D eigenvalue weighted by molar-refractivity contribution is 0.603. The van der Waals surface area contributed by atoms with E-state index in [1.807, 2.05) is 0 Å². The summed E-state index contributed by atoms with van der Waals surface area (Å²) in [5.41, 5.74) is 1.92. The molecule has 0 aromatic carbocycles. The number of sulfonamides is 1. The molecule has 3 aromatic rings. The van der Waals surface area contributed by atoms with E-state index < -0.39 is 10.0 Å². The molecule has 9 heteroatoms. The minimum atomic E-state index is -3.73. The van der Waals surface area contributed by atoms with Gasteiger partial charge in [-0.3, -0.25) is 9.71 Å². The molecule has 112 valence electrons. The monoisotopic (exact) mass is 333 g/mol. The van der Waals surface area contributed by atoms with E-state index in [1.165, 1.54) is 18.6 Å². The van der Waals surface area contributed by atoms with Crippen LogP contribution in [0.4, 0.5) is 5.69 Å². The summed E-state index contributed by atoms with van der Waals surface area (Å²) in [5, 5.41) is 10.4. The van der Waals surface area contributed by atoms with Crippen molar-refractivity contribution in [2.24, 2.45) is 0 Å². The second kappa shape index (κ2) is 5.08. The smallest absolute Gasteiger partial charge is 0.273 e. The molecule has 0 unspecified atom stereocenters. The van der Waals surface area contributed by atoms with Crippen LogP contribution in [0.15, 0.2) is 22.8 Å². The number of nitrogens with one attached hydrogen (secondary N) is 2. The van der Waals surface area contributed by atoms with Gasteiger partial charge in [-0.2, -0.15) is 5.26 Å². The van der Waals surface area contributed by atoms with Crippen molar-refractivity contribution in [1.29, 1.82) is 5.26 Å². The Morgan fingerprint density at radius 1 is 1.32 bits per heavy atom. The zero-order chi connectivity index (χ0) is 15.9. The minimum Gasteiger partial charge on any atom is -0.358 e. The number of pyridine rings is 1. The van der Waals surface area contributed by atoms with Crippen LogP contribution in [-0.4, -0.2) is 23.4 Å². The maximum absolute atomic E-state index is 12.4. The van der Waals surface area contributed by atoms with Gasteiger partial charge in [0.25, 0.3) is 10.0 Å². The number of nitriles is 1. The molecule has 0 bridgehead atoms. The molecule has 7 nitrogen and oxygen atoms in total. The Balaban J connectivity index is 2.11. The SMILES string of the molecule is Cc1ncc(S(=O)(=O)Nc2cnc(C)c3c(C#N)c[nH]c23)s1. The third-order valence-electron chi connectivity index (χ3n) is 3.13. The van der Waals surface area contributed by atoms with Crippen molar-refractivity contribution in [1.82, 2.24) is 15.0 Å². The lowest BCUT2D eigenvalue weighted by atomic mass is 10.1. The molecule has 22 heavy (non-hydrogen) atoms. The van der Waals surface area contributed by atoms with Crippen molar-refractivity contribution in [3.8, 4) is 6.07 Å². The molecular weight excluding hydrogens is 322 g/mol. The van der Waals surface area contributed by atoms with Gasteiger partial charge in [-0.15, -0.1) is 11.3 Å². The van der Waals surface area contributed by atoms with E-state index in [0.29, 0.717) is 32.9 Å². The van der Waals surface area contributed by atoms with Gasteiger partial charge in [-0.05, 0) is 13.8 Å². The van der Waals surface area contributed by atoms with Crippen LogP contribution in [0.1, 0.15) is 16.3 Å². The summed E-state index contributed by atoms with van der Waals surface area (Å²) < 4.78 is 27.4. The Labute approximate surface area is 130 Å². The predicted octanol–water partition coefficient (Wildman–Crippen LogP) is 2.31. The maximum atomic E-state index is 12.4. The van der Waals surface area contributed by atoms with E-state index in [4.69, 9.17) is 5.26 Å². The normalized spacial score (nSPS) is 11.5. The molecule has 0 amide bonds. The van der Waals surface area contributed by atoms with E-state index in [0.717, 1.165) is 11.3 Å². The molecule has 0 fully saturated rings. The predicted molar refractivity (Wildman–Crippen MR) is 83.2 cm³/mol. The number of hydrogen-bond acceptors (Lipinski definition) is 6. The molecular formula is C13H11N5O2S2. The summed E-state index contributed by atoms with van der Waals surface area (Å²) >= 11 is 1.09. The quantitative estimate of drug-likeness (QED) is 0.764. The van der Waals surface area contributed by atoms with Gasteiger partial charge in [0.1, 0.15) is 6.07 Å². The number of H-pyrrole nitrogens is 1. The van der Waals surface area contributed by atoms with E-state index in [1.54, 1.807) is 13.8 Å². The van der Waals surface area contributed by atoms with Crippen LogP contribution in [0.3, 0.4) is 0 Å². The molecule has 0 radical (unpaired) electrons. The number of aryl methyl sites for hydroxylation is 2. The van der Waals surface area contributed by atoms with Gasteiger partial charge in [-0.1, -0.05) is 0 Å². The van der Waals surface area contributed by atoms with E-state index in [-0.39, 0.29) is 4.21 Å². The fourth-order valence-electron chi connectivity index (χ4n) is 2.13. The summed E-state index contributed by atoms with van der Waals surface area (Å²) in [6, 6.07) is 2.06. The number of hydrogen-bond donors (Lipinski definition) is 2. The number of aromatic nitrogens is 3. The van der Waals surface area contributed by atoms with Crippen LogP contribution in [0, 0.1) is 25.2 Å². The van der Waals surface area contributed by atoms with Gasteiger partial charge in [0.2, 0.25) is 0 Å². The summed E-state index contributed by atoms with van der Waals surface area (Å²) in [6.45, 7) is 3.50. The average Bonchev–Trinajstić information content (AvgIpc) is 3.08. The standard InChI is InChI=1S/C13H11N5O2S2/c1-7-12-9(3-14)4-17-13(12)10(5-15-7)18-22(19,20)11-6-16-8(2)21-11/h4-6,17-18H,1-2H3. The Morgan fingerprint density at radius 2 is 2.09 bits per heavy atom. The topological polar surface area (TPSA) is 112 Å². The van der Waals surface area contributed by atoms with Gasteiger partial charge in [0, 0.05) is 17.3 Å².